The van der Waals surface area contributed by atoms with E-state index in [2.05, 4.69) is 11.2 Å². The van der Waals surface area contributed by atoms with Gasteiger partial charge in [-0.15, -0.1) is 0 Å². The molecule has 1 aromatic heterocycles. The van der Waals surface area contributed by atoms with E-state index in [-0.39, 0.29) is 0 Å². The third kappa shape index (κ3) is 2.83. The fraction of sp³-hybridized carbons (Fsp3) is 0.545. The number of thioether (sulfide) groups is 1. The van der Waals surface area contributed by atoms with Crippen LogP contribution >= 0.6 is 24.0 Å². The SMILES string of the molecule is CC[C@](C)(C#N)SC(=S)n1nc(C)cc1C. The van der Waals surface area contributed by atoms with Gasteiger partial charge in [0.25, 0.3) is 0 Å². The van der Waals surface area contributed by atoms with Crippen LogP contribution in [0.15, 0.2) is 6.07 Å². The summed E-state index contributed by atoms with van der Waals surface area (Å²) < 4.78 is 1.89. The molecule has 3 nitrogen and oxygen atoms in total. The molecule has 1 aromatic rings. The highest BCUT2D eigenvalue weighted by Crippen LogP contribution is 2.29. The van der Waals surface area contributed by atoms with Crippen LogP contribution in [0.4, 0.5) is 0 Å². The molecule has 0 spiro atoms. The molecule has 0 bridgehead atoms. The molecule has 0 amide bonds. The molecule has 0 saturated heterocycles. The van der Waals surface area contributed by atoms with E-state index in [0.29, 0.717) is 4.32 Å². The Bertz CT molecular complexity index is 445. The van der Waals surface area contributed by atoms with Crippen LogP contribution in [0.5, 0.6) is 0 Å². The van der Waals surface area contributed by atoms with Crippen LogP contribution in [-0.4, -0.2) is 18.8 Å². The second kappa shape index (κ2) is 4.98. The lowest BCUT2D eigenvalue weighted by molar-refractivity contribution is 0.771. The first-order chi connectivity index (χ1) is 7.41. The van der Waals surface area contributed by atoms with Crippen molar-refractivity contribution in [2.75, 3.05) is 0 Å². The summed E-state index contributed by atoms with van der Waals surface area (Å²) in [6.07, 6.45) is 0.758. The first kappa shape index (κ1) is 13.2. The Hall–Kier alpha value is -0.860. The zero-order valence-electron chi connectivity index (χ0n) is 9.94. The highest BCUT2D eigenvalue weighted by Gasteiger charge is 2.25. The number of thiocarbonyl (C=S) groups is 1. The third-order valence-electron chi connectivity index (χ3n) is 2.41. The Morgan fingerprint density at radius 2 is 2.31 bits per heavy atom. The average Bonchev–Trinajstić information content (AvgIpc) is 2.57. The van der Waals surface area contributed by atoms with Gasteiger partial charge in [0.05, 0.1) is 11.8 Å². The summed E-state index contributed by atoms with van der Waals surface area (Å²) in [6, 6.07) is 4.26. The number of nitriles is 1. The smallest absolute Gasteiger partial charge is 0.163 e. The summed E-state index contributed by atoms with van der Waals surface area (Å²) in [5.74, 6) is 0. The first-order valence-corrected chi connectivity index (χ1v) is 6.32. The summed E-state index contributed by atoms with van der Waals surface area (Å²) in [5.41, 5.74) is 1.95. The second-order valence-corrected chi connectivity index (χ2v) is 6.04. The predicted octanol–water partition coefficient (Wildman–Crippen LogP) is 3.06. The highest BCUT2D eigenvalue weighted by molar-refractivity contribution is 8.24. The second-order valence-electron chi connectivity index (χ2n) is 3.90. The van der Waals surface area contributed by atoms with E-state index in [9.17, 15) is 0 Å². The number of aryl methyl sites for hydroxylation is 2. The van der Waals surface area contributed by atoms with Gasteiger partial charge in [-0.1, -0.05) is 30.9 Å². The lowest BCUT2D eigenvalue weighted by atomic mass is 10.1. The molecule has 0 N–H and O–H groups in total. The molecule has 0 aliphatic carbocycles. The van der Waals surface area contributed by atoms with Crippen molar-refractivity contribution >= 4 is 28.3 Å². The Morgan fingerprint density at radius 1 is 1.69 bits per heavy atom. The summed E-state index contributed by atoms with van der Waals surface area (Å²) in [4.78, 5) is 0. The fourth-order valence-corrected chi connectivity index (χ4v) is 2.81. The van der Waals surface area contributed by atoms with Crippen LogP contribution in [0.1, 0.15) is 31.7 Å². The van der Waals surface area contributed by atoms with Crippen molar-refractivity contribution in [3.05, 3.63) is 17.5 Å². The van der Waals surface area contributed by atoms with Gasteiger partial charge in [-0.25, -0.2) is 4.68 Å². The van der Waals surface area contributed by atoms with Crippen LogP contribution in [0.25, 0.3) is 0 Å². The molecular weight excluding hydrogens is 238 g/mol. The Labute approximate surface area is 106 Å². The molecule has 0 unspecified atom stereocenters. The summed E-state index contributed by atoms with van der Waals surface area (Å²) >= 11 is 6.71. The molecule has 0 saturated carbocycles. The number of nitrogens with zero attached hydrogens (tertiary/aromatic N) is 3. The summed E-state index contributed by atoms with van der Waals surface area (Å²) in [6.45, 7) is 7.78. The first-order valence-electron chi connectivity index (χ1n) is 5.09. The van der Waals surface area contributed by atoms with E-state index in [0.717, 1.165) is 17.8 Å². The molecule has 1 rings (SSSR count). The van der Waals surface area contributed by atoms with Crippen LogP contribution < -0.4 is 0 Å². The van der Waals surface area contributed by atoms with Crippen molar-refractivity contribution in [3.63, 3.8) is 0 Å². The van der Waals surface area contributed by atoms with E-state index in [1.807, 2.05) is 33.8 Å². The van der Waals surface area contributed by atoms with Gasteiger partial charge >= 0.3 is 0 Å². The minimum absolute atomic E-state index is 0.469. The maximum Gasteiger partial charge on any atom is 0.163 e. The molecule has 1 heterocycles. The normalized spacial score (nSPS) is 14.2. The van der Waals surface area contributed by atoms with Gasteiger partial charge in [0.15, 0.2) is 4.32 Å². The Balaban J connectivity index is 2.89. The van der Waals surface area contributed by atoms with Gasteiger partial charge in [0.1, 0.15) is 4.75 Å². The van der Waals surface area contributed by atoms with E-state index in [4.69, 9.17) is 17.5 Å². The Morgan fingerprint density at radius 3 is 2.69 bits per heavy atom. The van der Waals surface area contributed by atoms with E-state index < -0.39 is 4.75 Å². The van der Waals surface area contributed by atoms with Gasteiger partial charge in [0, 0.05) is 5.69 Å². The molecule has 0 aliphatic rings. The largest absolute Gasteiger partial charge is 0.220 e. The van der Waals surface area contributed by atoms with Crippen LogP contribution in [0.3, 0.4) is 0 Å². The molecule has 86 valence electrons. The third-order valence-corrected chi connectivity index (χ3v) is 4.01. The molecule has 1 atom stereocenters. The lowest BCUT2D eigenvalue weighted by Gasteiger charge is -2.19. The number of hydrogen-bond acceptors (Lipinski definition) is 4. The molecular formula is C11H15N3S2. The molecule has 0 aliphatic heterocycles. The van der Waals surface area contributed by atoms with Crippen LogP contribution in [-0.2, 0) is 0 Å². The molecule has 16 heavy (non-hydrogen) atoms. The topological polar surface area (TPSA) is 41.6 Å². The van der Waals surface area contributed by atoms with Crippen molar-refractivity contribution in [3.8, 4) is 6.07 Å². The quantitative estimate of drug-likeness (QED) is 0.760. The van der Waals surface area contributed by atoms with E-state index >= 15 is 0 Å². The number of rotatable bonds is 2. The number of hydrogen-bond donors (Lipinski definition) is 0. The molecule has 0 radical (unpaired) electrons. The minimum Gasteiger partial charge on any atom is -0.220 e. The van der Waals surface area contributed by atoms with Crippen LogP contribution in [0.2, 0.25) is 0 Å². The van der Waals surface area contributed by atoms with Crippen LogP contribution in [0, 0.1) is 25.2 Å². The Kier molecular flexibility index (Phi) is 4.11. The standard InChI is InChI=1S/C11H15N3S2/c1-5-11(4,7-12)16-10(15)14-9(3)6-8(2)13-14/h6H,5H2,1-4H3/t11-/m1/s1. The maximum atomic E-state index is 9.10. The minimum atomic E-state index is -0.469. The number of aromatic nitrogens is 2. The van der Waals surface area contributed by atoms with Gasteiger partial charge in [-0.3, -0.25) is 0 Å². The maximum absolute atomic E-state index is 9.10. The summed E-state index contributed by atoms with van der Waals surface area (Å²) in [5, 5.41) is 13.4. The van der Waals surface area contributed by atoms with Gasteiger partial charge in [-0.2, -0.15) is 10.4 Å². The van der Waals surface area contributed by atoms with Gasteiger partial charge in [-0.05, 0) is 33.3 Å². The lowest BCUT2D eigenvalue weighted by Crippen LogP contribution is -2.22. The predicted molar refractivity (Wildman–Crippen MR) is 71.6 cm³/mol. The van der Waals surface area contributed by atoms with Crippen molar-refractivity contribution in [2.45, 2.75) is 38.9 Å². The van der Waals surface area contributed by atoms with Crippen molar-refractivity contribution in [2.24, 2.45) is 0 Å². The average molecular weight is 253 g/mol. The zero-order chi connectivity index (χ0) is 12.3. The van der Waals surface area contributed by atoms with Crippen molar-refractivity contribution in [1.82, 2.24) is 9.78 Å². The van der Waals surface area contributed by atoms with Gasteiger partial charge in [0.2, 0.25) is 0 Å². The monoisotopic (exact) mass is 253 g/mol. The van der Waals surface area contributed by atoms with Gasteiger partial charge < -0.3 is 0 Å². The zero-order valence-corrected chi connectivity index (χ0v) is 11.6. The van der Waals surface area contributed by atoms with Crippen molar-refractivity contribution < 1.29 is 0 Å². The highest BCUT2D eigenvalue weighted by atomic mass is 32.2. The molecule has 0 aromatic carbocycles. The summed E-state index contributed by atoms with van der Waals surface area (Å²) in [7, 11) is 0. The fourth-order valence-electron chi connectivity index (χ4n) is 1.22. The molecule has 5 heteroatoms. The van der Waals surface area contributed by atoms with Crippen molar-refractivity contribution in [1.29, 1.82) is 5.26 Å². The molecule has 0 fully saturated rings. The van der Waals surface area contributed by atoms with E-state index in [1.54, 1.807) is 4.68 Å². The van der Waals surface area contributed by atoms with E-state index in [1.165, 1.54) is 11.8 Å².